The maximum Gasteiger partial charge on any atom is 0.376 e. The van der Waals surface area contributed by atoms with Gasteiger partial charge in [-0.15, -0.1) is 0 Å². The van der Waals surface area contributed by atoms with Crippen LogP contribution in [-0.2, 0) is 9.63 Å². The number of nitrogens with one attached hydrogen (secondary N) is 1. The van der Waals surface area contributed by atoms with Crippen molar-refractivity contribution in [3.05, 3.63) is 36.2 Å². The number of carbonyl (C=O) groups excluding carboxylic acids is 1. The van der Waals surface area contributed by atoms with Gasteiger partial charge in [0.15, 0.2) is 0 Å². The van der Waals surface area contributed by atoms with Crippen LogP contribution in [-0.4, -0.2) is 11.0 Å². The molecule has 0 amide bonds. The number of rotatable bonds is 0. The second-order valence-corrected chi connectivity index (χ2v) is 2.13. The standard InChI is InChI=1S/C7H6N2O2/c10-7-6-4-2-1-3-5-9(6)8-11-7/h1-5,8H. The fraction of sp³-hybridized carbons (Fsp3) is 0. The molecule has 0 aromatic heterocycles. The molecule has 4 heteroatoms. The first kappa shape index (κ1) is 6.18. The fourth-order valence-electron chi connectivity index (χ4n) is 0.896. The largest absolute Gasteiger partial charge is 0.376 e. The smallest absolute Gasteiger partial charge is 0.345 e. The number of allylic oxidation sites excluding steroid dienone is 4. The highest BCUT2D eigenvalue weighted by molar-refractivity contribution is 5.89. The Morgan fingerprint density at radius 2 is 2.27 bits per heavy atom. The molecule has 11 heavy (non-hydrogen) atoms. The first-order valence-corrected chi connectivity index (χ1v) is 3.19. The molecule has 56 valence electrons. The third-order valence-electron chi connectivity index (χ3n) is 1.42. The molecule has 0 atom stereocenters. The quantitative estimate of drug-likeness (QED) is 0.536. The van der Waals surface area contributed by atoms with E-state index in [1.54, 1.807) is 24.4 Å². The van der Waals surface area contributed by atoms with Gasteiger partial charge in [-0.05, 0) is 12.2 Å². The van der Waals surface area contributed by atoms with Crippen LogP contribution in [0.2, 0.25) is 0 Å². The van der Waals surface area contributed by atoms with Crippen molar-refractivity contribution in [2.75, 3.05) is 0 Å². The summed E-state index contributed by atoms with van der Waals surface area (Å²) in [5.41, 5.74) is 2.93. The fourth-order valence-corrected chi connectivity index (χ4v) is 0.896. The van der Waals surface area contributed by atoms with E-state index in [4.69, 9.17) is 0 Å². The highest BCUT2D eigenvalue weighted by atomic mass is 16.7. The third-order valence-corrected chi connectivity index (χ3v) is 1.42. The van der Waals surface area contributed by atoms with E-state index in [-0.39, 0.29) is 5.97 Å². The van der Waals surface area contributed by atoms with E-state index in [2.05, 4.69) is 10.4 Å². The molecule has 0 spiro atoms. The number of hydrogen-bond acceptors (Lipinski definition) is 4. The average molecular weight is 150 g/mol. The van der Waals surface area contributed by atoms with Gasteiger partial charge < -0.3 is 4.84 Å². The van der Waals surface area contributed by atoms with Gasteiger partial charge in [0.05, 0.1) is 0 Å². The lowest BCUT2D eigenvalue weighted by Crippen LogP contribution is -2.22. The van der Waals surface area contributed by atoms with Crippen molar-refractivity contribution < 1.29 is 9.63 Å². The molecule has 0 radical (unpaired) electrons. The summed E-state index contributed by atoms with van der Waals surface area (Å²) in [6.45, 7) is 0. The van der Waals surface area contributed by atoms with Crippen LogP contribution in [0.15, 0.2) is 36.2 Å². The highest BCUT2D eigenvalue weighted by Crippen LogP contribution is 2.12. The van der Waals surface area contributed by atoms with E-state index in [0.717, 1.165) is 0 Å². The highest BCUT2D eigenvalue weighted by Gasteiger charge is 2.25. The van der Waals surface area contributed by atoms with Crippen LogP contribution in [0, 0.1) is 0 Å². The maximum atomic E-state index is 10.9. The SMILES string of the molecule is O=C1ONN2C=CC=CC=C12. The van der Waals surface area contributed by atoms with E-state index in [1.807, 2.05) is 6.08 Å². The van der Waals surface area contributed by atoms with Gasteiger partial charge in [-0.2, -0.15) is 0 Å². The van der Waals surface area contributed by atoms with E-state index in [1.165, 1.54) is 5.01 Å². The Balaban J connectivity index is 2.38. The summed E-state index contributed by atoms with van der Waals surface area (Å²) in [5.74, 6) is -0.360. The third kappa shape index (κ3) is 0.929. The van der Waals surface area contributed by atoms with Gasteiger partial charge in [0, 0.05) is 6.20 Å². The predicted molar refractivity (Wildman–Crippen MR) is 37.4 cm³/mol. The minimum absolute atomic E-state index is 0.360. The first-order valence-electron chi connectivity index (χ1n) is 3.19. The van der Waals surface area contributed by atoms with Crippen LogP contribution in [0.3, 0.4) is 0 Å². The van der Waals surface area contributed by atoms with Gasteiger partial charge in [-0.25, -0.2) is 9.80 Å². The van der Waals surface area contributed by atoms with Gasteiger partial charge >= 0.3 is 5.97 Å². The average Bonchev–Trinajstić information content (AvgIpc) is 2.25. The molecule has 2 aliphatic rings. The minimum Gasteiger partial charge on any atom is -0.345 e. The lowest BCUT2D eigenvalue weighted by molar-refractivity contribution is -0.142. The molecule has 4 nitrogen and oxygen atoms in total. The van der Waals surface area contributed by atoms with Crippen LogP contribution in [0.1, 0.15) is 0 Å². The lowest BCUT2D eigenvalue weighted by Gasteiger charge is -2.05. The van der Waals surface area contributed by atoms with Gasteiger partial charge in [-0.3, -0.25) is 0 Å². The van der Waals surface area contributed by atoms with Crippen molar-refractivity contribution >= 4 is 5.97 Å². The summed E-state index contributed by atoms with van der Waals surface area (Å²) < 4.78 is 0. The zero-order valence-electron chi connectivity index (χ0n) is 5.65. The molecule has 0 aliphatic carbocycles. The summed E-state index contributed by atoms with van der Waals surface area (Å²) in [4.78, 5) is 15.4. The molecule has 0 unspecified atom stereocenters. The summed E-state index contributed by atoms with van der Waals surface area (Å²) in [6, 6.07) is 0. The topological polar surface area (TPSA) is 41.6 Å². The first-order chi connectivity index (χ1) is 5.38. The molecule has 0 aromatic rings. The summed E-state index contributed by atoms with van der Waals surface area (Å²) in [5, 5.41) is 1.52. The summed E-state index contributed by atoms with van der Waals surface area (Å²) in [7, 11) is 0. The van der Waals surface area contributed by atoms with E-state index < -0.39 is 0 Å². The number of carbonyl (C=O) groups is 1. The molecule has 2 aliphatic heterocycles. The zero-order valence-corrected chi connectivity index (χ0v) is 5.65. The van der Waals surface area contributed by atoms with Crippen molar-refractivity contribution in [1.82, 2.24) is 10.6 Å². The van der Waals surface area contributed by atoms with Gasteiger partial charge in [0.1, 0.15) is 5.70 Å². The molecular formula is C7H6N2O2. The van der Waals surface area contributed by atoms with Crippen LogP contribution in [0.5, 0.6) is 0 Å². The Bertz CT molecular complexity index is 278. The van der Waals surface area contributed by atoms with E-state index >= 15 is 0 Å². The van der Waals surface area contributed by atoms with Crippen LogP contribution < -0.4 is 5.59 Å². The Kier molecular flexibility index (Phi) is 1.26. The van der Waals surface area contributed by atoms with Crippen molar-refractivity contribution in [2.24, 2.45) is 0 Å². The number of fused-ring (bicyclic) bond motifs is 1. The van der Waals surface area contributed by atoms with Gasteiger partial charge in [0.2, 0.25) is 0 Å². The predicted octanol–water partition coefficient (Wildman–Crippen LogP) is 0.232. The molecule has 2 heterocycles. The number of hydrazine groups is 1. The Morgan fingerprint density at radius 3 is 3.18 bits per heavy atom. The molecule has 2 rings (SSSR count). The molecule has 0 saturated carbocycles. The zero-order chi connectivity index (χ0) is 7.68. The Morgan fingerprint density at radius 1 is 1.36 bits per heavy atom. The second-order valence-electron chi connectivity index (χ2n) is 2.13. The Hall–Kier alpha value is -1.55. The maximum absolute atomic E-state index is 10.9. The van der Waals surface area contributed by atoms with Crippen molar-refractivity contribution in [1.29, 1.82) is 0 Å². The number of hydrogen-bond donors (Lipinski definition) is 1. The Labute approximate surface area is 63.4 Å². The summed E-state index contributed by atoms with van der Waals surface area (Å²) >= 11 is 0. The summed E-state index contributed by atoms with van der Waals surface area (Å²) in [6.07, 6.45) is 8.81. The normalized spacial score (nSPS) is 20.9. The van der Waals surface area contributed by atoms with Crippen LogP contribution in [0.25, 0.3) is 0 Å². The van der Waals surface area contributed by atoms with Gasteiger partial charge in [0.25, 0.3) is 0 Å². The van der Waals surface area contributed by atoms with E-state index in [9.17, 15) is 4.79 Å². The minimum atomic E-state index is -0.360. The molecule has 0 bridgehead atoms. The lowest BCUT2D eigenvalue weighted by atomic mass is 10.4. The van der Waals surface area contributed by atoms with Crippen LogP contribution in [0.4, 0.5) is 0 Å². The second kappa shape index (κ2) is 2.25. The molecule has 1 saturated heterocycles. The van der Waals surface area contributed by atoms with Crippen molar-refractivity contribution in [3.8, 4) is 0 Å². The molecule has 0 aromatic carbocycles. The van der Waals surface area contributed by atoms with Crippen molar-refractivity contribution in [2.45, 2.75) is 0 Å². The monoisotopic (exact) mass is 150 g/mol. The number of nitrogens with zero attached hydrogens (tertiary/aromatic N) is 1. The molecule has 1 N–H and O–H groups in total. The van der Waals surface area contributed by atoms with Gasteiger partial charge in [-0.1, -0.05) is 17.7 Å². The molecule has 1 fully saturated rings. The van der Waals surface area contributed by atoms with E-state index in [0.29, 0.717) is 5.70 Å². The molecular weight excluding hydrogens is 144 g/mol. The van der Waals surface area contributed by atoms with Crippen LogP contribution >= 0.6 is 0 Å². The van der Waals surface area contributed by atoms with Crippen molar-refractivity contribution in [3.63, 3.8) is 0 Å².